The molecule has 1 aromatic heterocycles. The van der Waals surface area contributed by atoms with E-state index >= 15 is 0 Å². The van der Waals surface area contributed by atoms with E-state index in [0.717, 1.165) is 6.42 Å². The van der Waals surface area contributed by atoms with Crippen LogP contribution in [0.2, 0.25) is 0 Å². The summed E-state index contributed by atoms with van der Waals surface area (Å²) in [5, 5.41) is 2.80. The second-order valence-corrected chi connectivity index (χ2v) is 6.44. The molecule has 142 valence electrons. The molecule has 0 unspecified atom stereocenters. The molecule has 0 spiro atoms. The van der Waals surface area contributed by atoms with Gasteiger partial charge in [0.25, 0.3) is 11.8 Å². The first-order chi connectivity index (χ1) is 13.1. The molecule has 1 saturated heterocycles. The van der Waals surface area contributed by atoms with Crippen LogP contribution in [0.1, 0.15) is 40.7 Å². The zero-order valence-corrected chi connectivity index (χ0v) is 15.3. The van der Waals surface area contributed by atoms with Gasteiger partial charge in [0.1, 0.15) is 0 Å². The van der Waals surface area contributed by atoms with Crippen LogP contribution >= 0.6 is 0 Å². The summed E-state index contributed by atoms with van der Waals surface area (Å²) in [5.41, 5.74) is 1.24. The second kappa shape index (κ2) is 8.53. The topological polar surface area (TPSA) is 82.9 Å². The van der Waals surface area contributed by atoms with Gasteiger partial charge in [0.2, 0.25) is 5.91 Å². The third kappa shape index (κ3) is 4.55. The number of carbonyl (C=O) groups excluding carboxylic acids is 3. The molecular weight excluding hydrogens is 346 g/mol. The lowest BCUT2D eigenvalue weighted by Gasteiger charge is -2.34. The molecule has 1 aromatic carbocycles. The molecule has 1 aliphatic rings. The van der Waals surface area contributed by atoms with Crippen molar-refractivity contribution in [3.8, 4) is 0 Å². The molecule has 1 N–H and O–H groups in total. The predicted molar refractivity (Wildman–Crippen MR) is 100 cm³/mol. The molecule has 0 atom stereocenters. The highest BCUT2D eigenvalue weighted by Crippen LogP contribution is 2.15. The van der Waals surface area contributed by atoms with Crippen molar-refractivity contribution in [3.05, 3.63) is 54.0 Å². The molecular formula is C20H23N3O4. The molecule has 1 aliphatic heterocycles. The van der Waals surface area contributed by atoms with Crippen molar-refractivity contribution < 1.29 is 18.8 Å². The van der Waals surface area contributed by atoms with E-state index < -0.39 is 0 Å². The number of furan rings is 1. The van der Waals surface area contributed by atoms with E-state index in [1.54, 1.807) is 46.2 Å². The Balaban J connectivity index is 1.54. The van der Waals surface area contributed by atoms with Gasteiger partial charge in [0.05, 0.1) is 6.26 Å². The Morgan fingerprint density at radius 3 is 2.15 bits per heavy atom. The number of rotatable bonds is 5. The third-order valence-corrected chi connectivity index (χ3v) is 4.48. The molecule has 0 bridgehead atoms. The average molecular weight is 369 g/mol. The smallest absolute Gasteiger partial charge is 0.289 e. The van der Waals surface area contributed by atoms with E-state index in [-0.39, 0.29) is 17.7 Å². The van der Waals surface area contributed by atoms with Crippen molar-refractivity contribution in [1.29, 1.82) is 0 Å². The quantitative estimate of drug-likeness (QED) is 0.878. The summed E-state index contributed by atoms with van der Waals surface area (Å²) in [7, 11) is 0. The van der Waals surface area contributed by atoms with Crippen LogP contribution in [0.25, 0.3) is 0 Å². The highest BCUT2D eigenvalue weighted by atomic mass is 16.3. The van der Waals surface area contributed by atoms with Crippen LogP contribution in [0.15, 0.2) is 47.1 Å². The highest BCUT2D eigenvalue weighted by molar-refractivity contribution is 5.96. The first kappa shape index (κ1) is 18.7. The Morgan fingerprint density at radius 2 is 1.59 bits per heavy atom. The standard InChI is InChI=1S/C20H23N3O4/c1-2-4-18(24)21-16-8-6-15(7-9-16)19(25)22-10-12-23(13-11-22)20(26)17-5-3-14-27-17/h3,5-9,14H,2,4,10-13H2,1H3,(H,21,24). The van der Waals surface area contributed by atoms with Gasteiger partial charge in [-0.2, -0.15) is 0 Å². The van der Waals surface area contributed by atoms with Gasteiger partial charge in [-0.3, -0.25) is 14.4 Å². The minimum Gasteiger partial charge on any atom is -0.459 e. The predicted octanol–water partition coefficient (Wildman–Crippen LogP) is 2.62. The number of nitrogens with one attached hydrogen (secondary N) is 1. The van der Waals surface area contributed by atoms with E-state index in [2.05, 4.69) is 5.32 Å². The molecule has 1 fully saturated rings. The van der Waals surface area contributed by atoms with Gasteiger partial charge in [0.15, 0.2) is 5.76 Å². The number of amides is 3. The van der Waals surface area contributed by atoms with E-state index in [1.165, 1.54) is 6.26 Å². The van der Waals surface area contributed by atoms with Gasteiger partial charge in [0, 0.05) is 43.9 Å². The molecule has 0 saturated carbocycles. The molecule has 3 amide bonds. The summed E-state index contributed by atoms with van der Waals surface area (Å²) < 4.78 is 5.14. The highest BCUT2D eigenvalue weighted by Gasteiger charge is 2.26. The lowest BCUT2D eigenvalue weighted by atomic mass is 10.1. The van der Waals surface area contributed by atoms with Crippen LogP contribution in [-0.2, 0) is 4.79 Å². The van der Waals surface area contributed by atoms with Crippen LogP contribution < -0.4 is 5.32 Å². The maximum Gasteiger partial charge on any atom is 0.289 e. The number of hydrogen-bond donors (Lipinski definition) is 1. The second-order valence-electron chi connectivity index (χ2n) is 6.44. The molecule has 3 rings (SSSR count). The van der Waals surface area contributed by atoms with Crippen molar-refractivity contribution in [2.24, 2.45) is 0 Å². The maximum absolute atomic E-state index is 12.7. The number of piperazine rings is 1. The summed E-state index contributed by atoms with van der Waals surface area (Å²) in [5.74, 6) is 0.0511. The zero-order chi connectivity index (χ0) is 19.2. The van der Waals surface area contributed by atoms with E-state index in [0.29, 0.717) is 49.6 Å². The van der Waals surface area contributed by atoms with Crippen LogP contribution in [0, 0.1) is 0 Å². The lowest BCUT2D eigenvalue weighted by Crippen LogP contribution is -2.50. The van der Waals surface area contributed by atoms with Crippen molar-refractivity contribution >= 4 is 23.4 Å². The number of nitrogens with zero attached hydrogens (tertiary/aromatic N) is 2. The number of carbonyl (C=O) groups is 3. The molecule has 2 heterocycles. The number of anilines is 1. The van der Waals surface area contributed by atoms with Crippen molar-refractivity contribution in [2.45, 2.75) is 19.8 Å². The zero-order valence-electron chi connectivity index (χ0n) is 15.3. The first-order valence-corrected chi connectivity index (χ1v) is 9.10. The van der Waals surface area contributed by atoms with Crippen molar-refractivity contribution in [3.63, 3.8) is 0 Å². The summed E-state index contributed by atoms with van der Waals surface area (Å²) in [4.78, 5) is 40.0. The summed E-state index contributed by atoms with van der Waals surface area (Å²) in [6.45, 7) is 3.83. The number of benzene rings is 1. The van der Waals surface area contributed by atoms with Gasteiger partial charge >= 0.3 is 0 Å². The monoisotopic (exact) mass is 369 g/mol. The minimum atomic E-state index is -0.153. The van der Waals surface area contributed by atoms with Gasteiger partial charge in [-0.25, -0.2) is 0 Å². The molecule has 7 heteroatoms. The Bertz CT molecular complexity index is 791. The molecule has 27 heavy (non-hydrogen) atoms. The fraction of sp³-hybridized carbons (Fsp3) is 0.350. The summed E-state index contributed by atoms with van der Waals surface area (Å²) in [6, 6.07) is 10.2. The summed E-state index contributed by atoms with van der Waals surface area (Å²) >= 11 is 0. The van der Waals surface area contributed by atoms with Gasteiger partial charge in [-0.05, 0) is 42.8 Å². The Kier molecular flexibility index (Phi) is 5.90. The van der Waals surface area contributed by atoms with E-state index in [1.807, 2.05) is 6.92 Å². The fourth-order valence-electron chi connectivity index (χ4n) is 3.00. The van der Waals surface area contributed by atoms with E-state index in [9.17, 15) is 14.4 Å². The van der Waals surface area contributed by atoms with Crippen molar-refractivity contribution in [2.75, 3.05) is 31.5 Å². The number of hydrogen-bond acceptors (Lipinski definition) is 4. The van der Waals surface area contributed by atoms with Crippen LogP contribution in [-0.4, -0.2) is 53.7 Å². The first-order valence-electron chi connectivity index (χ1n) is 9.10. The normalized spacial score (nSPS) is 14.1. The largest absolute Gasteiger partial charge is 0.459 e. The minimum absolute atomic E-state index is 0.0334. The van der Waals surface area contributed by atoms with Crippen LogP contribution in [0.3, 0.4) is 0 Å². The van der Waals surface area contributed by atoms with Gasteiger partial charge in [-0.1, -0.05) is 6.92 Å². The van der Waals surface area contributed by atoms with Crippen LogP contribution in [0.5, 0.6) is 0 Å². The van der Waals surface area contributed by atoms with E-state index in [4.69, 9.17) is 4.42 Å². The molecule has 7 nitrogen and oxygen atoms in total. The average Bonchev–Trinajstić information content (AvgIpc) is 3.22. The Hall–Kier alpha value is -3.09. The Morgan fingerprint density at radius 1 is 0.963 bits per heavy atom. The maximum atomic E-state index is 12.7. The Labute approximate surface area is 157 Å². The molecule has 2 aromatic rings. The van der Waals surface area contributed by atoms with Crippen molar-refractivity contribution in [1.82, 2.24) is 9.80 Å². The molecule has 0 aliphatic carbocycles. The van der Waals surface area contributed by atoms with Gasteiger partial charge < -0.3 is 19.5 Å². The lowest BCUT2D eigenvalue weighted by molar-refractivity contribution is -0.116. The fourth-order valence-corrected chi connectivity index (χ4v) is 3.00. The summed E-state index contributed by atoms with van der Waals surface area (Å²) in [6.07, 6.45) is 2.74. The van der Waals surface area contributed by atoms with Crippen LogP contribution in [0.4, 0.5) is 5.69 Å². The van der Waals surface area contributed by atoms with Gasteiger partial charge in [-0.15, -0.1) is 0 Å². The SMILES string of the molecule is CCCC(=O)Nc1ccc(C(=O)N2CCN(C(=O)c3ccco3)CC2)cc1. The third-order valence-electron chi connectivity index (χ3n) is 4.48. The molecule has 0 radical (unpaired) electrons.